The average Bonchev–Trinajstić information content (AvgIpc) is 3.95. The Bertz CT molecular complexity index is 1550. The van der Waals surface area contributed by atoms with Crippen molar-refractivity contribution in [3.63, 3.8) is 0 Å². The second-order valence-corrected chi connectivity index (χ2v) is 16.1. The Labute approximate surface area is 302 Å². The minimum absolute atomic E-state index is 0.0678. The molecule has 3 N–H and O–H groups in total. The smallest absolute Gasteiger partial charge is 0.249 e. The molecule has 270 valence electrons. The topological polar surface area (TPSA) is 154 Å². The lowest BCUT2D eigenvalue weighted by atomic mass is 9.98. The number of carbonyl (C=O) groups excluding carboxylic acids is 4. The summed E-state index contributed by atoms with van der Waals surface area (Å²) in [6.07, 6.45) is 2.78. The molecule has 0 radical (unpaired) electrons. The lowest BCUT2D eigenvalue weighted by Crippen LogP contribution is -2.54. The Morgan fingerprint density at radius 1 is 0.840 bits per heavy atom. The van der Waals surface area contributed by atoms with Gasteiger partial charge in [0.1, 0.15) is 30.3 Å². The molecule has 5 heterocycles. The lowest BCUT2D eigenvalue weighted by Gasteiger charge is -2.29. The van der Waals surface area contributed by atoms with E-state index < -0.39 is 36.3 Å². The van der Waals surface area contributed by atoms with Gasteiger partial charge in [-0.1, -0.05) is 70.9 Å². The van der Waals surface area contributed by atoms with Crippen LogP contribution in [0.2, 0.25) is 0 Å². The molecule has 5 aliphatic heterocycles. The number of ether oxygens (including phenoxy) is 1. The SMILES string of the molecule is CC[C@@H](C)[C@@H]1NC(=O)[C@H]2N=C(O[C@@H]2C)[C@H]2CCCN2C(=O)[C@H](Cc2ccccc2)NC(=O)[C@H]2CSC(=N2)[C@H]([C@@H](C)CC)NC(=O)[C@H]2CSC1=N2. The van der Waals surface area contributed by atoms with Crippen molar-refractivity contribution in [2.24, 2.45) is 26.8 Å². The first kappa shape index (κ1) is 36.4. The van der Waals surface area contributed by atoms with Crippen molar-refractivity contribution < 1.29 is 23.9 Å². The molecule has 0 unspecified atom stereocenters. The van der Waals surface area contributed by atoms with E-state index in [1.165, 1.54) is 23.5 Å². The second-order valence-electron chi connectivity index (χ2n) is 14.0. The number of nitrogens with zero attached hydrogens (tertiary/aromatic N) is 4. The summed E-state index contributed by atoms with van der Waals surface area (Å²) in [6, 6.07) is 5.51. The predicted octanol–water partition coefficient (Wildman–Crippen LogP) is 2.99. The molecule has 14 heteroatoms. The van der Waals surface area contributed by atoms with Crippen LogP contribution in [0.25, 0.3) is 0 Å². The molecule has 4 amide bonds. The van der Waals surface area contributed by atoms with Crippen molar-refractivity contribution in [2.75, 3.05) is 18.1 Å². The number of rotatable bonds is 6. The standard InChI is InChI=1S/C36H49N7O5S2/c1-6-19(3)27-34-38-24(17-49-34)30(44)37-23(16-22-12-9-8-10-13-22)36(47)43-15-11-14-26(43)33-42-29(21(5)48-33)32(46)41-28(20(4)7-2)35-39-25(18-50-35)31(45)40-27/h8-10,12-13,19-21,23-29H,6-7,11,14-18H2,1-5H3,(H,37,44)(H,40,45)(H,41,46)/t19-,20+,21+,23-,24+,25+,26+,27-,28-,29-/m0/s1. The van der Waals surface area contributed by atoms with Crippen LogP contribution in [0.4, 0.5) is 0 Å². The molecule has 0 aromatic heterocycles. The molecule has 0 saturated carbocycles. The van der Waals surface area contributed by atoms with E-state index in [-0.39, 0.29) is 47.5 Å². The minimum Gasteiger partial charge on any atom is -0.474 e. The van der Waals surface area contributed by atoms with Crippen LogP contribution in [0.15, 0.2) is 45.3 Å². The van der Waals surface area contributed by atoms with Crippen molar-refractivity contribution in [3.8, 4) is 0 Å². The Balaban J connectivity index is 1.37. The second kappa shape index (κ2) is 15.9. The highest BCUT2D eigenvalue weighted by atomic mass is 32.2. The predicted molar refractivity (Wildman–Crippen MR) is 199 cm³/mol. The van der Waals surface area contributed by atoms with Gasteiger partial charge in [0.25, 0.3) is 0 Å². The molecular formula is C36H49N7O5S2. The van der Waals surface area contributed by atoms with E-state index in [0.29, 0.717) is 41.8 Å². The molecule has 1 fully saturated rings. The summed E-state index contributed by atoms with van der Waals surface area (Å²) < 4.78 is 6.22. The van der Waals surface area contributed by atoms with Gasteiger partial charge in [-0.3, -0.25) is 29.2 Å². The van der Waals surface area contributed by atoms with Gasteiger partial charge in [-0.05, 0) is 37.2 Å². The molecule has 1 saturated heterocycles. The van der Waals surface area contributed by atoms with Gasteiger partial charge in [0.15, 0.2) is 6.04 Å². The summed E-state index contributed by atoms with van der Waals surface area (Å²) in [7, 11) is 0. The fourth-order valence-corrected chi connectivity index (χ4v) is 9.47. The molecule has 50 heavy (non-hydrogen) atoms. The molecule has 6 rings (SSSR count). The van der Waals surface area contributed by atoms with E-state index in [0.717, 1.165) is 29.9 Å². The zero-order chi connectivity index (χ0) is 35.5. The Hall–Kier alpha value is -3.39. The fourth-order valence-electron chi connectivity index (χ4n) is 7.02. The first-order valence-electron chi connectivity index (χ1n) is 18.0. The number of nitrogens with one attached hydrogen (secondary N) is 3. The zero-order valence-electron chi connectivity index (χ0n) is 29.5. The molecule has 10 atom stereocenters. The molecule has 0 aliphatic carbocycles. The van der Waals surface area contributed by atoms with Gasteiger partial charge in [-0.15, -0.1) is 23.5 Å². The highest BCUT2D eigenvalue weighted by molar-refractivity contribution is 8.14. The molecule has 12 nitrogen and oxygen atoms in total. The summed E-state index contributed by atoms with van der Waals surface area (Å²) >= 11 is 2.98. The highest BCUT2D eigenvalue weighted by Crippen LogP contribution is 2.30. The summed E-state index contributed by atoms with van der Waals surface area (Å²) in [5.41, 5.74) is 0.920. The third-order valence-electron chi connectivity index (χ3n) is 10.5. The third kappa shape index (κ3) is 7.75. The largest absolute Gasteiger partial charge is 0.474 e. The van der Waals surface area contributed by atoms with Gasteiger partial charge in [0.05, 0.1) is 22.2 Å². The first-order valence-corrected chi connectivity index (χ1v) is 20.0. The fraction of sp³-hybridized carbons (Fsp3) is 0.639. The molecule has 6 bridgehead atoms. The Morgan fingerprint density at radius 3 is 2.02 bits per heavy atom. The van der Waals surface area contributed by atoms with Crippen molar-refractivity contribution in [1.29, 1.82) is 0 Å². The number of hydrogen-bond acceptors (Lipinski definition) is 10. The number of aliphatic imine (C=N–C) groups is 3. The average molecular weight is 724 g/mol. The van der Waals surface area contributed by atoms with Crippen molar-refractivity contribution in [1.82, 2.24) is 20.9 Å². The number of hydrogen-bond donors (Lipinski definition) is 3. The van der Waals surface area contributed by atoms with Gasteiger partial charge >= 0.3 is 0 Å². The molecule has 1 aromatic rings. The van der Waals surface area contributed by atoms with E-state index >= 15 is 0 Å². The number of amides is 4. The normalized spacial score (nSPS) is 33.1. The van der Waals surface area contributed by atoms with Crippen LogP contribution in [-0.2, 0) is 30.3 Å². The minimum atomic E-state index is -0.838. The van der Waals surface area contributed by atoms with Gasteiger partial charge in [-0.25, -0.2) is 4.99 Å². The maximum Gasteiger partial charge on any atom is 0.249 e. The van der Waals surface area contributed by atoms with Crippen LogP contribution in [0.5, 0.6) is 0 Å². The molecular weight excluding hydrogens is 675 g/mol. The van der Waals surface area contributed by atoms with Crippen molar-refractivity contribution in [3.05, 3.63) is 35.9 Å². The Morgan fingerprint density at radius 2 is 1.42 bits per heavy atom. The van der Waals surface area contributed by atoms with Gasteiger partial charge in [-0.2, -0.15) is 0 Å². The molecule has 5 aliphatic rings. The quantitative estimate of drug-likeness (QED) is 0.408. The lowest BCUT2D eigenvalue weighted by molar-refractivity contribution is -0.136. The first-order chi connectivity index (χ1) is 24.1. The van der Waals surface area contributed by atoms with E-state index in [4.69, 9.17) is 19.7 Å². The Kier molecular flexibility index (Phi) is 11.6. The molecule has 0 spiro atoms. The van der Waals surface area contributed by atoms with Crippen LogP contribution in [-0.4, -0.2) is 111 Å². The van der Waals surface area contributed by atoms with Crippen molar-refractivity contribution >= 4 is 63.1 Å². The van der Waals surface area contributed by atoms with Gasteiger partial charge in [0, 0.05) is 24.5 Å². The maximum absolute atomic E-state index is 14.4. The van der Waals surface area contributed by atoms with Crippen molar-refractivity contribution in [2.45, 2.75) is 115 Å². The van der Waals surface area contributed by atoms with Crippen LogP contribution in [0.1, 0.15) is 65.9 Å². The highest BCUT2D eigenvalue weighted by Gasteiger charge is 2.45. The van der Waals surface area contributed by atoms with E-state index in [1.807, 2.05) is 37.3 Å². The third-order valence-corrected chi connectivity index (χ3v) is 12.8. The van der Waals surface area contributed by atoms with E-state index in [9.17, 15) is 19.2 Å². The van der Waals surface area contributed by atoms with Crippen LogP contribution in [0.3, 0.4) is 0 Å². The number of fused-ring (bicyclic) bond motifs is 5. The van der Waals surface area contributed by atoms with Gasteiger partial charge in [0.2, 0.25) is 29.5 Å². The van der Waals surface area contributed by atoms with E-state index in [2.05, 4.69) is 43.6 Å². The van der Waals surface area contributed by atoms with Crippen LogP contribution in [0, 0.1) is 11.8 Å². The summed E-state index contributed by atoms with van der Waals surface area (Å²) in [5, 5.41) is 10.9. The molecule has 1 aromatic carbocycles. The zero-order valence-corrected chi connectivity index (χ0v) is 31.1. The number of thioether (sulfide) groups is 2. The number of benzene rings is 1. The maximum atomic E-state index is 14.4. The number of carbonyl (C=O) groups is 4. The summed E-state index contributed by atoms with van der Waals surface area (Å²) in [5.74, 6) is 0.396. The van der Waals surface area contributed by atoms with Crippen LogP contribution < -0.4 is 16.0 Å². The summed E-state index contributed by atoms with van der Waals surface area (Å²) in [6.45, 7) is 10.6. The summed E-state index contributed by atoms with van der Waals surface area (Å²) in [4.78, 5) is 72.0. The van der Waals surface area contributed by atoms with Crippen LogP contribution >= 0.6 is 23.5 Å². The monoisotopic (exact) mass is 723 g/mol. The van der Waals surface area contributed by atoms with Gasteiger partial charge < -0.3 is 25.6 Å². The van der Waals surface area contributed by atoms with E-state index in [1.54, 1.807) is 4.90 Å².